The largest absolute Gasteiger partial charge is 0.507 e. The van der Waals surface area contributed by atoms with Crippen LogP contribution in [0.1, 0.15) is 24.2 Å². The van der Waals surface area contributed by atoms with E-state index in [1.54, 1.807) is 11.0 Å². The monoisotopic (exact) mass is 315 g/mol. The van der Waals surface area contributed by atoms with Gasteiger partial charge < -0.3 is 19.5 Å². The minimum absolute atomic E-state index is 0.120. The Morgan fingerprint density at radius 1 is 1.19 bits per heavy atom. The Morgan fingerprint density at radius 3 is 2.24 bits per heavy atom. The van der Waals surface area contributed by atoms with Crippen molar-refractivity contribution < 1.29 is 19.4 Å². The number of carbonyl (C=O) groups is 1. The number of ether oxygens (including phenoxy) is 2. The van der Waals surface area contributed by atoms with Gasteiger partial charge >= 0.3 is 0 Å². The van der Waals surface area contributed by atoms with Gasteiger partial charge in [0.25, 0.3) is 5.91 Å². The zero-order valence-corrected chi connectivity index (χ0v) is 13.2. The molecule has 1 aromatic carbocycles. The molecule has 0 aliphatic carbocycles. The van der Waals surface area contributed by atoms with Crippen molar-refractivity contribution in [1.29, 1.82) is 0 Å². The third kappa shape index (κ3) is 5.91. The van der Waals surface area contributed by atoms with Crippen LogP contribution in [0.5, 0.6) is 5.75 Å². The highest BCUT2D eigenvalue weighted by atomic mass is 35.5. The van der Waals surface area contributed by atoms with Crippen LogP contribution in [0.15, 0.2) is 18.2 Å². The summed E-state index contributed by atoms with van der Waals surface area (Å²) in [5.41, 5.74) is 0.229. The standard InChI is InChI=1S/C15H22ClNO4/c1-3-20-9-7-17(8-10-21-4-2)15(19)13-6-5-12(16)11-14(13)18/h5-6,11,18H,3-4,7-10H2,1-2H3. The summed E-state index contributed by atoms with van der Waals surface area (Å²) >= 11 is 5.78. The highest BCUT2D eigenvalue weighted by Gasteiger charge is 2.18. The van der Waals surface area contributed by atoms with Crippen molar-refractivity contribution in [3.05, 3.63) is 28.8 Å². The van der Waals surface area contributed by atoms with E-state index < -0.39 is 0 Å². The molecule has 0 saturated heterocycles. The first-order chi connectivity index (χ1) is 10.1. The van der Waals surface area contributed by atoms with E-state index in [0.717, 1.165) is 0 Å². The minimum atomic E-state index is -0.261. The lowest BCUT2D eigenvalue weighted by atomic mass is 10.1. The zero-order valence-electron chi connectivity index (χ0n) is 12.5. The molecule has 118 valence electrons. The normalized spacial score (nSPS) is 10.6. The van der Waals surface area contributed by atoms with Gasteiger partial charge in [0.05, 0.1) is 18.8 Å². The molecule has 1 amide bonds. The summed E-state index contributed by atoms with van der Waals surface area (Å²) in [4.78, 5) is 14.1. The average Bonchev–Trinajstić information content (AvgIpc) is 2.45. The summed E-state index contributed by atoms with van der Waals surface area (Å²) < 4.78 is 10.6. The molecule has 0 unspecified atom stereocenters. The fourth-order valence-corrected chi connectivity index (χ4v) is 1.98. The predicted octanol–water partition coefficient (Wildman–Crippen LogP) is 2.56. The maximum atomic E-state index is 12.5. The lowest BCUT2D eigenvalue weighted by Gasteiger charge is -2.23. The number of halogens is 1. The zero-order chi connectivity index (χ0) is 15.7. The van der Waals surface area contributed by atoms with E-state index in [1.165, 1.54) is 12.1 Å². The molecule has 5 nitrogen and oxygen atoms in total. The first-order valence-corrected chi connectivity index (χ1v) is 7.41. The molecule has 0 spiro atoms. The van der Waals surface area contributed by atoms with Crippen molar-refractivity contribution in [1.82, 2.24) is 4.90 Å². The number of rotatable bonds is 9. The van der Waals surface area contributed by atoms with Crippen molar-refractivity contribution in [3.8, 4) is 5.75 Å². The quantitative estimate of drug-likeness (QED) is 0.712. The smallest absolute Gasteiger partial charge is 0.257 e. The van der Waals surface area contributed by atoms with Gasteiger partial charge in [0, 0.05) is 31.3 Å². The summed E-state index contributed by atoms with van der Waals surface area (Å²) in [5, 5.41) is 10.2. The van der Waals surface area contributed by atoms with E-state index in [0.29, 0.717) is 44.5 Å². The number of nitrogens with zero attached hydrogens (tertiary/aromatic N) is 1. The second-order valence-corrected chi connectivity index (χ2v) is 4.78. The fraction of sp³-hybridized carbons (Fsp3) is 0.533. The number of hydrogen-bond acceptors (Lipinski definition) is 4. The summed E-state index contributed by atoms with van der Waals surface area (Å²) in [6.07, 6.45) is 0. The molecule has 0 bridgehead atoms. The van der Waals surface area contributed by atoms with Crippen LogP contribution in [-0.4, -0.2) is 55.4 Å². The van der Waals surface area contributed by atoms with Gasteiger partial charge in [-0.3, -0.25) is 4.79 Å². The molecule has 6 heteroatoms. The van der Waals surface area contributed by atoms with E-state index in [2.05, 4.69) is 0 Å². The number of phenolic OH excluding ortho intramolecular Hbond substituents is 1. The van der Waals surface area contributed by atoms with Gasteiger partial charge in [-0.2, -0.15) is 0 Å². The van der Waals surface area contributed by atoms with Crippen molar-refractivity contribution >= 4 is 17.5 Å². The molecule has 0 radical (unpaired) electrons. The molecule has 0 heterocycles. The van der Waals surface area contributed by atoms with Crippen LogP contribution >= 0.6 is 11.6 Å². The predicted molar refractivity (Wildman–Crippen MR) is 82.0 cm³/mol. The molecule has 1 N–H and O–H groups in total. The Labute approximate surface area is 130 Å². The Balaban J connectivity index is 2.76. The summed E-state index contributed by atoms with van der Waals surface area (Å²) in [6, 6.07) is 4.46. The van der Waals surface area contributed by atoms with Crippen molar-refractivity contribution in [2.45, 2.75) is 13.8 Å². The van der Waals surface area contributed by atoms with Crippen LogP contribution in [0, 0.1) is 0 Å². The summed E-state index contributed by atoms with van der Waals surface area (Å²) in [5.74, 6) is -0.381. The van der Waals surface area contributed by atoms with E-state index in [1.807, 2.05) is 13.8 Å². The average molecular weight is 316 g/mol. The van der Waals surface area contributed by atoms with Crippen molar-refractivity contribution in [2.24, 2.45) is 0 Å². The molecule has 0 atom stereocenters. The number of phenols is 1. The second-order valence-electron chi connectivity index (χ2n) is 4.35. The fourth-order valence-electron chi connectivity index (χ4n) is 1.81. The van der Waals surface area contributed by atoms with Gasteiger partial charge in [-0.1, -0.05) is 11.6 Å². The number of amides is 1. The van der Waals surface area contributed by atoms with Crippen LogP contribution in [-0.2, 0) is 9.47 Å². The highest BCUT2D eigenvalue weighted by Crippen LogP contribution is 2.23. The van der Waals surface area contributed by atoms with E-state index in [4.69, 9.17) is 21.1 Å². The number of carbonyl (C=O) groups excluding carboxylic acids is 1. The maximum absolute atomic E-state index is 12.5. The Bertz CT molecular complexity index is 443. The first-order valence-electron chi connectivity index (χ1n) is 7.03. The van der Waals surface area contributed by atoms with Crippen LogP contribution in [0.4, 0.5) is 0 Å². The van der Waals surface area contributed by atoms with Gasteiger partial charge in [0.1, 0.15) is 5.75 Å². The SMILES string of the molecule is CCOCCN(CCOCC)C(=O)c1ccc(Cl)cc1O. The second kappa shape index (κ2) is 9.60. The topological polar surface area (TPSA) is 59.0 Å². The maximum Gasteiger partial charge on any atom is 0.257 e. The number of benzene rings is 1. The molecule has 21 heavy (non-hydrogen) atoms. The molecule has 0 aromatic heterocycles. The van der Waals surface area contributed by atoms with E-state index >= 15 is 0 Å². The van der Waals surface area contributed by atoms with Gasteiger partial charge in [0.2, 0.25) is 0 Å². The molecule has 0 aliphatic heterocycles. The van der Waals surface area contributed by atoms with Crippen molar-refractivity contribution in [3.63, 3.8) is 0 Å². The molecule has 0 saturated carbocycles. The molecule has 1 aromatic rings. The van der Waals surface area contributed by atoms with E-state index in [-0.39, 0.29) is 17.2 Å². The molecule has 0 aliphatic rings. The molecule has 1 rings (SSSR count). The van der Waals surface area contributed by atoms with Crippen LogP contribution in [0.2, 0.25) is 5.02 Å². The molecular formula is C15H22ClNO4. The van der Waals surface area contributed by atoms with Crippen molar-refractivity contribution in [2.75, 3.05) is 39.5 Å². The van der Waals surface area contributed by atoms with Crippen LogP contribution in [0.3, 0.4) is 0 Å². The van der Waals surface area contributed by atoms with Crippen LogP contribution < -0.4 is 0 Å². The Morgan fingerprint density at radius 2 is 1.76 bits per heavy atom. The van der Waals surface area contributed by atoms with E-state index in [9.17, 15) is 9.90 Å². The summed E-state index contributed by atoms with van der Waals surface area (Å²) in [6.45, 7) is 6.78. The number of aromatic hydroxyl groups is 1. The lowest BCUT2D eigenvalue weighted by molar-refractivity contribution is 0.0547. The molecule has 0 fully saturated rings. The van der Waals surface area contributed by atoms with Crippen LogP contribution in [0.25, 0.3) is 0 Å². The van der Waals surface area contributed by atoms with Gasteiger partial charge in [-0.15, -0.1) is 0 Å². The Kier molecular flexibility index (Phi) is 8.12. The van der Waals surface area contributed by atoms with Gasteiger partial charge in [-0.25, -0.2) is 0 Å². The minimum Gasteiger partial charge on any atom is -0.507 e. The number of hydrogen-bond donors (Lipinski definition) is 1. The molecular weight excluding hydrogens is 294 g/mol. The third-order valence-corrected chi connectivity index (χ3v) is 3.13. The Hall–Kier alpha value is -1.30. The van der Waals surface area contributed by atoms with Gasteiger partial charge in [0.15, 0.2) is 0 Å². The highest BCUT2D eigenvalue weighted by molar-refractivity contribution is 6.30. The third-order valence-electron chi connectivity index (χ3n) is 2.90. The first kappa shape index (κ1) is 17.8. The lowest BCUT2D eigenvalue weighted by Crippen LogP contribution is -2.36. The summed E-state index contributed by atoms with van der Waals surface area (Å²) in [7, 11) is 0. The van der Waals surface area contributed by atoms with Gasteiger partial charge in [-0.05, 0) is 32.0 Å².